The zero-order valence-corrected chi connectivity index (χ0v) is 9.10. The highest BCUT2D eigenvalue weighted by Crippen LogP contribution is 2.32. The molecule has 1 aliphatic carbocycles. The molecule has 13 heavy (non-hydrogen) atoms. The second-order valence-corrected chi connectivity index (χ2v) is 4.37. The molecule has 1 saturated carbocycles. The van der Waals surface area contributed by atoms with Crippen LogP contribution in [-0.4, -0.2) is 18.6 Å². The van der Waals surface area contributed by atoms with Gasteiger partial charge in [-0.05, 0) is 38.1 Å². The van der Waals surface area contributed by atoms with Gasteiger partial charge in [-0.15, -0.1) is 0 Å². The van der Waals surface area contributed by atoms with Crippen LogP contribution in [0.25, 0.3) is 0 Å². The van der Waals surface area contributed by atoms with Crippen LogP contribution in [0.5, 0.6) is 0 Å². The molecule has 0 atom stereocenters. The van der Waals surface area contributed by atoms with E-state index in [9.17, 15) is 0 Å². The number of hydrogen-bond donors (Lipinski definition) is 2. The maximum atomic E-state index is 5.85. The summed E-state index contributed by atoms with van der Waals surface area (Å²) in [5.74, 6) is 0.957. The summed E-state index contributed by atoms with van der Waals surface area (Å²) >= 11 is 0. The molecule has 1 aliphatic rings. The SMILES string of the molecule is CCNC1(CN)CCC(CC)CC1. The molecule has 2 heteroatoms. The van der Waals surface area contributed by atoms with Crippen LogP contribution in [0.4, 0.5) is 0 Å². The Morgan fingerprint density at radius 2 is 1.92 bits per heavy atom. The van der Waals surface area contributed by atoms with Crippen molar-refractivity contribution in [3.63, 3.8) is 0 Å². The first-order chi connectivity index (χ1) is 6.26. The van der Waals surface area contributed by atoms with Crippen LogP contribution in [0.1, 0.15) is 46.0 Å². The first kappa shape index (κ1) is 11.0. The monoisotopic (exact) mass is 184 g/mol. The fourth-order valence-electron chi connectivity index (χ4n) is 2.47. The van der Waals surface area contributed by atoms with Crippen molar-refractivity contribution in [3.8, 4) is 0 Å². The van der Waals surface area contributed by atoms with Crippen LogP contribution in [0.15, 0.2) is 0 Å². The molecule has 3 N–H and O–H groups in total. The molecular formula is C11H24N2. The number of nitrogens with one attached hydrogen (secondary N) is 1. The topological polar surface area (TPSA) is 38.0 Å². The zero-order chi connectivity index (χ0) is 9.73. The van der Waals surface area contributed by atoms with Gasteiger partial charge < -0.3 is 11.1 Å². The second kappa shape index (κ2) is 4.97. The molecule has 0 heterocycles. The molecule has 0 aromatic carbocycles. The average molecular weight is 184 g/mol. The molecule has 0 aliphatic heterocycles. The third kappa shape index (κ3) is 2.68. The highest BCUT2D eigenvalue weighted by molar-refractivity contribution is 4.93. The standard InChI is InChI=1S/C11H24N2/c1-3-10-5-7-11(9-12,8-6-10)13-4-2/h10,13H,3-9,12H2,1-2H3. The van der Waals surface area contributed by atoms with E-state index in [1.807, 2.05) is 0 Å². The maximum absolute atomic E-state index is 5.85. The molecule has 1 fully saturated rings. The lowest BCUT2D eigenvalue weighted by atomic mass is 9.75. The highest BCUT2D eigenvalue weighted by atomic mass is 15.0. The summed E-state index contributed by atoms with van der Waals surface area (Å²) in [6.07, 6.45) is 6.61. The van der Waals surface area contributed by atoms with Gasteiger partial charge >= 0.3 is 0 Å². The molecule has 0 saturated heterocycles. The van der Waals surface area contributed by atoms with E-state index in [2.05, 4.69) is 19.2 Å². The molecule has 0 aromatic rings. The largest absolute Gasteiger partial charge is 0.329 e. The molecule has 0 unspecified atom stereocenters. The molecule has 0 bridgehead atoms. The van der Waals surface area contributed by atoms with E-state index in [1.165, 1.54) is 32.1 Å². The van der Waals surface area contributed by atoms with Crippen molar-refractivity contribution >= 4 is 0 Å². The van der Waals surface area contributed by atoms with E-state index in [0.717, 1.165) is 19.0 Å². The Kier molecular flexibility index (Phi) is 4.20. The van der Waals surface area contributed by atoms with Crippen molar-refractivity contribution < 1.29 is 0 Å². The summed E-state index contributed by atoms with van der Waals surface area (Å²) in [5, 5.41) is 3.57. The van der Waals surface area contributed by atoms with Gasteiger partial charge in [-0.25, -0.2) is 0 Å². The van der Waals surface area contributed by atoms with Crippen LogP contribution in [0.2, 0.25) is 0 Å². The lowest BCUT2D eigenvalue weighted by Gasteiger charge is -2.40. The zero-order valence-electron chi connectivity index (χ0n) is 9.10. The van der Waals surface area contributed by atoms with E-state index in [1.54, 1.807) is 0 Å². The van der Waals surface area contributed by atoms with Gasteiger partial charge in [-0.2, -0.15) is 0 Å². The second-order valence-electron chi connectivity index (χ2n) is 4.37. The quantitative estimate of drug-likeness (QED) is 0.700. The van der Waals surface area contributed by atoms with Crippen molar-refractivity contribution in [2.75, 3.05) is 13.1 Å². The Morgan fingerprint density at radius 1 is 1.31 bits per heavy atom. The number of likely N-dealkylation sites (N-methyl/N-ethyl adjacent to an activating group) is 1. The third-order valence-electron chi connectivity index (χ3n) is 3.58. The van der Waals surface area contributed by atoms with Gasteiger partial charge in [0.1, 0.15) is 0 Å². The maximum Gasteiger partial charge on any atom is 0.0304 e. The van der Waals surface area contributed by atoms with Crippen molar-refractivity contribution in [2.24, 2.45) is 11.7 Å². The Bertz CT molecular complexity index is 137. The minimum Gasteiger partial charge on any atom is -0.329 e. The van der Waals surface area contributed by atoms with Crippen LogP contribution >= 0.6 is 0 Å². The average Bonchev–Trinajstić information content (AvgIpc) is 2.19. The highest BCUT2D eigenvalue weighted by Gasteiger charge is 2.32. The summed E-state index contributed by atoms with van der Waals surface area (Å²) in [5.41, 5.74) is 6.13. The normalized spacial score (nSPS) is 34.8. The number of nitrogens with two attached hydrogens (primary N) is 1. The first-order valence-corrected chi connectivity index (χ1v) is 5.71. The smallest absolute Gasteiger partial charge is 0.0304 e. The predicted molar refractivity (Wildman–Crippen MR) is 57.7 cm³/mol. The van der Waals surface area contributed by atoms with Crippen LogP contribution in [0, 0.1) is 5.92 Å². The number of rotatable bonds is 4. The summed E-state index contributed by atoms with van der Waals surface area (Å²) in [6.45, 7) is 6.32. The molecule has 2 nitrogen and oxygen atoms in total. The van der Waals surface area contributed by atoms with E-state index >= 15 is 0 Å². The molecule has 0 amide bonds. The van der Waals surface area contributed by atoms with Gasteiger partial charge in [0, 0.05) is 12.1 Å². The lowest BCUT2D eigenvalue weighted by molar-refractivity contribution is 0.194. The predicted octanol–water partition coefficient (Wildman–Crippen LogP) is 1.89. The Morgan fingerprint density at radius 3 is 2.31 bits per heavy atom. The summed E-state index contributed by atoms with van der Waals surface area (Å²) in [4.78, 5) is 0. The molecule has 0 spiro atoms. The molecule has 78 valence electrons. The molecule has 1 rings (SSSR count). The summed E-state index contributed by atoms with van der Waals surface area (Å²) in [6, 6.07) is 0. The van der Waals surface area contributed by atoms with Gasteiger partial charge in [-0.3, -0.25) is 0 Å². The van der Waals surface area contributed by atoms with E-state index in [0.29, 0.717) is 0 Å². The van der Waals surface area contributed by atoms with Gasteiger partial charge in [-0.1, -0.05) is 20.3 Å². The lowest BCUT2D eigenvalue weighted by Crippen LogP contribution is -2.53. The van der Waals surface area contributed by atoms with Crippen molar-refractivity contribution in [1.82, 2.24) is 5.32 Å². The van der Waals surface area contributed by atoms with Crippen molar-refractivity contribution in [1.29, 1.82) is 0 Å². The van der Waals surface area contributed by atoms with Gasteiger partial charge in [0.2, 0.25) is 0 Å². The Labute approximate surface area is 82.3 Å². The summed E-state index contributed by atoms with van der Waals surface area (Å²) in [7, 11) is 0. The Hall–Kier alpha value is -0.0800. The van der Waals surface area contributed by atoms with Gasteiger partial charge in [0.25, 0.3) is 0 Å². The van der Waals surface area contributed by atoms with E-state index < -0.39 is 0 Å². The van der Waals surface area contributed by atoms with Crippen molar-refractivity contribution in [3.05, 3.63) is 0 Å². The fourth-order valence-corrected chi connectivity index (χ4v) is 2.47. The molecular weight excluding hydrogens is 160 g/mol. The first-order valence-electron chi connectivity index (χ1n) is 5.71. The van der Waals surface area contributed by atoms with Crippen LogP contribution in [-0.2, 0) is 0 Å². The Balaban J connectivity index is 2.42. The van der Waals surface area contributed by atoms with Gasteiger partial charge in [0.15, 0.2) is 0 Å². The van der Waals surface area contributed by atoms with E-state index in [4.69, 9.17) is 5.73 Å². The van der Waals surface area contributed by atoms with E-state index in [-0.39, 0.29) is 5.54 Å². The molecule has 0 radical (unpaired) electrons. The number of hydrogen-bond acceptors (Lipinski definition) is 2. The third-order valence-corrected chi connectivity index (χ3v) is 3.58. The van der Waals surface area contributed by atoms with Gasteiger partial charge in [0.05, 0.1) is 0 Å². The fraction of sp³-hybridized carbons (Fsp3) is 1.00. The van der Waals surface area contributed by atoms with Crippen LogP contribution in [0.3, 0.4) is 0 Å². The van der Waals surface area contributed by atoms with Crippen molar-refractivity contribution in [2.45, 2.75) is 51.5 Å². The minimum atomic E-state index is 0.278. The van der Waals surface area contributed by atoms with Crippen LogP contribution < -0.4 is 11.1 Å². The minimum absolute atomic E-state index is 0.278. The molecule has 0 aromatic heterocycles. The summed E-state index contributed by atoms with van der Waals surface area (Å²) < 4.78 is 0.